The lowest BCUT2D eigenvalue weighted by atomic mass is 10.1. The fourth-order valence-corrected chi connectivity index (χ4v) is 1.69. The van der Waals surface area contributed by atoms with Crippen molar-refractivity contribution in [2.45, 2.75) is 18.6 Å². The molecule has 1 aliphatic rings. The molecule has 0 spiro atoms. The van der Waals surface area contributed by atoms with Crippen molar-refractivity contribution in [1.82, 2.24) is 15.6 Å². The van der Waals surface area contributed by atoms with Crippen molar-refractivity contribution in [2.24, 2.45) is 0 Å². The minimum Gasteiger partial charge on any atom is -0.348 e. The van der Waals surface area contributed by atoms with E-state index in [0.29, 0.717) is 6.54 Å². The lowest BCUT2D eigenvalue weighted by molar-refractivity contribution is -0.131. The summed E-state index contributed by atoms with van der Waals surface area (Å²) in [5, 5.41) is 5.41. The summed E-state index contributed by atoms with van der Waals surface area (Å²) < 4.78 is 13.9. The molecule has 0 radical (unpaired) electrons. The Morgan fingerprint density at radius 3 is 3.12 bits per heavy atom. The third-order valence-corrected chi connectivity index (χ3v) is 2.67. The molecule has 1 unspecified atom stereocenters. The van der Waals surface area contributed by atoms with Crippen LogP contribution in [0.4, 0.5) is 4.39 Å². The molecule has 1 atom stereocenters. The van der Waals surface area contributed by atoms with Crippen LogP contribution in [0.5, 0.6) is 0 Å². The van der Waals surface area contributed by atoms with Gasteiger partial charge in [-0.15, -0.1) is 0 Å². The quantitative estimate of drug-likeness (QED) is 0.780. The number of halogens is 1. The van der Waals surface area contributed by atoms with Gasteiger partial charge < -0.3 is 10.6 Å². The first-order valence-electron chi connectivity index (χ1n) is 5.28. The van der Waals surface area contributed by atoms with Gasteiger partial charge in [0, 0.05) is 19.2 Å². The molecule has 1 aromatic rings. The average molecular weight is 223 g/mol. The maximum absolute atomic E-state index is 13.9. The van der Waals surface area contributed by atoms with Crippen LogP contribution in [0.15, 0.2) is 24.4 Å². The Morgan fingerprint density at radius 2 is 2.50 bits per heavy atom. The lowest BCUT2D eigenvalue weighted by Crippen LogP contribution is -2.44. The number of hydrogen-bond acceptors (Lipinski definition) is 3. The van der Waals surface area contributed by atoms with Crippen molar-refractivity contribution in [1.29, 1.82) is 0 Å². The van der Waals surface area contributed by atoms with E-state index >= 15 is 0 Å². The molecule has 0 aliphatic carbocycles. The number of amides is 1. The summed E-state index contributed by atoms with van der Waals surface area (Å²) >= 11 is 0. The number of hydrogen-bond donors (Lipinski definition) is 2. The zero-order valence-electron chi connectivity index (χ0n) is 8.87. The van der Waals surface area contributed by atoms with Crippen LogP contribution in [0.25, 0.3) is 0 Å². The van der Waals surface area contributed by atoms with Crippen molar-refractivity contribution in [3.8, 4) is 0 Å². The van der Waals surface area contributed by atoms with E-state index in [2.05, 4.69) is 15.6 Å². The Labute approximate surface area is 93.3 Å². The second-order valence-corrected chi connectivity index (χ2v) is 3.90. The Bertz CT molecular complexity index is 363. The van der Waals surface area contributed by atoms with E-state index in [9.17, 15) is 9.18 Å². The summed E-state index contributed by atoms with van der Waals surface area (Å²) in [6, 6.07) is 5.41. The summed E-state index contributed by atoms with van der Waals surface area (Å²) in [5.41, 5.74) is -1.03. The van der Waals surface area contributed by atoms with Gasteiger partial charge in [-0.2, -0.15) is 0 Å². The first-order valence-corrected chi connectivity index (χ1v) is 5.28. The van der Waals surface area contributed by atoms with Crippen molar-refractivity contribution < 1.29 is 9.18 Å². The number of nitrogens with zero attached hydrogens (tertiary/aromatic N) is 1. The number of carbonyl (C=O) groups excluding carboxylic acids is 1. The number of nitrogens with one attached hydrogen (secondary N) is 2. The van der Waals surface area contributed by atoms with E-state index in [4.69, 9.17) is 0 Å². The van der Waals surface area contributed by atoms with Gasteiger partial charge in [0.05, 0.1) is 12.2 Å². The highest BCUT2D eigenvalue weighted by Gasteiger charge is 2.41. The maximum Gasteiger partial charge on any atom is 0.259 e. The van der Waals surface area contributed by atoms with Crippen LogP contribution >= 0.6 is 0 Å². The van der Waals surface area contributed by atoms with Gasteiger partial charge in [-0.1, -0.05) is 6.07 Å². The predicted octanol–water partition coefficient (Wildman–Crippen LogP) is 0.399. The van der Waals surface area contributed by atoms with Crippen LogP contribution in [-0.4, -0.2) is 29.6 Å². The van der Waals surface area contributed by atoms with Crippen molar-refractivity contribution >= 4 is 5.91 Å². The van der Waals surface area contributed by atoms with Crippen LogP contribution in [0, 0.1) is 0 Å². The Morgan fingerprint density at radius 1 is 1.62 bits per heavy atom. The molecule has 1 saturated heterocycles. The number of rotatable bonds is 3. The summed E-state index contributed by atoms with van der Waals surface area (Å²) in [5.74, 6) is -0.553. The van der Waals surface area contributed by atoms with E-state index in [-0.39, 0.29) is 19.5 Å². The molecular formula is C11H14FN3O. The second kappa shape index (κ2) is 4.57. The third kappa shape index (κ3) is 2.36. The molecular weight excluding hydrogens is 209 g/mol. The normalized spacial score (nSPS) is 24.3. The molecule has 2 N–H and O–H groups in total. The molecule has 1 fully saturated rings. The van der Waals surface area contributed by atoms with Crippen LogP contribution in [0.1, 0.15) is 12.1 Å². The summed E-state index contributed by atoms with van der Waals surface area (Å²) in [6.07, 6.45) is 1.88. The number of pyridine rings is 1. The molecule has 16 heavy (non-hydrogen) atoms. The first kappa shape index (κ1) is 11.0. The molecule has 2 heterocycles. The van der Waals surface area contributed by atoms with Crippen LogP contribution in [0.2, 0.25) is 0 Å². The van der Waals surface area contributed by atoms with Crippen LogP contribution in [0.3, 0.4) is 0 Å². The monoisotopic (exact) mass is 223 g/mol. The van der Waals surface area contributed by atoms with E-state index in [1.165, 1.54) is 0 Å². The highest BCUT2D eigenvalue weighted by molar-refractivity contribution is 5.85. The van der Waals surface area contributed by atoms with Crippen molar-refractivity contribution in [3.63, 3.8) is 0 Å². The highest BCUT2D eigenvalue weighted by atomic mass is 19.1. The minimum atomic E-state index is -1.76. The third-order valence-electron chi connectivity index (χ3n) is 2.67. The highest BCUT2D eigenvalue weighted by Crippen LogP contribution is 2.19. The zero-order chi connectivity index (χ0) is 11.4. The summed E-state index contributed by atoms with van der Waals surface area (Å²) in [4.78, 5) is 15.6. The van der Waals surface area contributed by atoms with Gasteiger partial charge >= 0.3 is 0 Å². The molecule has 0 bridgehead atoms. The molecule has 86 valence electrons. The molecule has 1 aromatic heterocycles. The fourth-order valence-electron chi connectivity index (χ4n) is 1.69. The summed E-state index contributed by atoms with van der Waals surface area (Å²) in [7, 11) is 0. The topological polar surface area (TPSA) is 54.0 Å². The van der Waals surface area contributed by atoms with E-state index in [1.807, 2.05) is 6.07 Å². The molecule has 1 amide bonds. The van der Waals surface area contributed by atoms with Gasteiger partial charge in [-0.05, 0) is 18.7 Å². The van der Waals surface area contributed by atoms with Crippen LogP contribution < -0.4 is 10.6 Å². The number of aromatic nitrogens is 1. The van der Waals surface area contributed by atoms with Gasteiger partial charge in [0.25, 0.3) is 5.91 Å². The predicted molar refractivity (Wildman–Crippen MR) is 57.4 cm³/mol. The van der Waals surface area contributed by atoms with Gasteiger partial charge in [-0.3, -0.25) is 9.78 Å². The standard InChI is InChI=1S/C11H14FN3O/c12-11(4-6-13-8-11)10(16)15-7-9-3-1-2-5-14-9/h1-3,5,13H,4,6-8H2,(H,15,16). The Balaban J connectivity index is 1.89. The molecule has 4 nitrogen and oxygen atoms in total. The number of carbonyl (C=O) groups is 1. The fraction of sp³-hybridized carbons (Fsp3) is 0.455. The van der Waals surface area contributed by atoms with E-state index < -0.39 is 11.6 Å². The second-order valence-electron chi connectivity index (χ2n) is 3.90. The van der Waals surface area contributed by atoms with Crippen molar-refractivity contribution in [3.05, 3.63) is 30.1 Å². The van der Waals surface area contributed by atoms with Crippen LogP contribution in [-0.2, 0) is 11.3 Å². The van der Waals surface area contributed by atoms with Gasteiger partial charge in [0.2, 0.25) is 5.67 Å². The SMILES string of the molecule is O=C(NCc1ccccn1)C1(F)CCNC1. The molecule has 1 aliphatic heterocycles. The Kier molecular flexibility index (Phi) is 3.14. The first-order chi connectivity index (χ1) is 7.71. The van der Waals surface area contributed by atoms with Gasteiger partial charge in [0.1, 0.15) is 0 Å². The maximum atomic E-state index is 13.9. The molecule has 0 aromatic carbocycles. The molecule has 5 heteroatoms. The Hall–Kier alpha value is -1.49. The van der Waals surface area contributed by atoms with Gasteiger partial charge in [0.15, 0.2) is 0 Å². The minimum absolute atomic E-state index is 0.0983. The zero-order valence-corrected chi connectivity index (χ0v) is 8.87. The lowest BCUT2D eigenvalue weighted by Gasteiger charge is -2.17. The average Bonchev–Trinajstić information content (AvgIpc) is 2.76. The van der Waals surface area contributed by atoms with E-state index in [0.717, 1.165) is 5.69 Å². The number of alkyl halides is 1. The molecule has 2 rings (SSSR count). The van der Waals surface area contributed by atoms with Gasteiger partial charge in [-0.25, -0.2) is 4.39 Å². The van der Waals surface area contributed by atoms with Crippen molar-refractivity contribution in [2.75, 3.05) is 13.1 Å². The largest absolute Gasteiger partial charge is 0.348 e. The summed E-state index contributed by atoms with van der Waals surface area (Å²) in [6.45, 7) is 0.917. The molecule has 0 saturated carbocycles. The van der Waals surface area contributed by atoms with E-state index in [1.54, 1.807) is 18.3 Å². The smallest absolute Gasteiger partial charge is 0.259 e.